The van der Waals surface area contributed by atoms with Crippen LogP contribution in [0.4, 0.5) is 5.13 Å². The summed E-state index contributed by atoms with van der Waals surface area (Å²) in [6.07, 6.45) is 0.193. The van der Waals surface area contributed by atoms with Crippen LogP contribution in [0, 0.1) is 6.92 Å². The summed E-state index contributed by atoms with van der Waals surface area (Å²) in [5.41, 5.74) is 2.14. The van der Waals surface area contributed by atoms with E-state index in [1.54, 1.807) is 6.92 Å². The molecule has 0 saturated heterocycles. The van der Waals surface area contributed by atoms with Gasteiger partial charge in [-0.3, -0.25) is 9.59 Å². The average molecular weight is 318 g/mol. The molecule has 1 aromatic carbocycles. The molecule has 1 atom stereocenters. The molecule has 0 fully saturated rings. The van der Waals surface area contributed by atoms with E-state index < -0.39 is 0 Å². The van der Waals surface area contributed by atoms with Gasteiger partial charge in [-0.15, -0.1) is 10.2 Å². The van der Waals surface area contributed by atoms with E-state index in [2.05, 4.69) is 20.8 Å². The Morgan fingerprint density at radius 1 is 1.23 bits per heavy atom. The zero-order valence-electron chi connectivity index (χ0n) is 12.7. The fourth-order valence-electron chi connectivity index (χ4n) is 1.93. The number of nitrogens with one attached hydrogen (secondary N) is 2. The average Bonchev–Trinajstić information content (AvgIpc) is 2.86. The predicted molar refractivity (Wildman–Crippen MR) is 86.6 cm³/mol. The lowest BCUT2D eigenvalue weighted by Gasteiger charge is -2.10. The van der Waals surface area contributed by atoms with Crippen LogP contribution in [0.5, 0.6) is 0 Å². The van der Waals surface area contributed by atoms with E-state index in [0.29, 0.717) is 5.13 Å². The van der Waals surface area contributed by atoms with Crippen LogP contribution in [0.3, 0.4) is 0 Å². The minimum absolute atomic E-state index is 0.155. The molecule has 116 valence electrons. The van der Waals surface area contributed by atoms with Crippen LogP contribution >= 0.6 is 11.3 Å². The van der Waals surface area contributed by atoms with Crippen LogP contribution in [-0.2, 0) is 9.59 Å². The monoisotopic (exact) mass is 318 g/mol. The molecule has 1 unspecified atom stereocenters. The molecule has 7 heteroatoms. The lowest BCUT2D eigenvalue weighted by atomic mass is 10.2. The summed E-state index contributed by atoms with van der Waals surface area (Å²) in [7, 11) is 0. The van der Waals surface area contributed by atoms with Gasteiger partial charge in [0.05, 0.1) is 0 Å². The minimum atomic E-state index is -0.220. The molecule has 0 bridgehead atoms. The SMILES string of the molecule is CC(=O)NC(C)CC(=O)Nc1nnc(-c2ccc(C)cc2)s1. The Morgan fingerprint density at radius 3 is 2.55 bits per heavy atom. The topological polar surface area (TPSA) is 84.0 Å². The van der Waals surface area contributed by atoms with Crippen molar-refractivity contribution in [3.05, 3.63) is 29.8 Å². The molecule has 0 aliphatic carbocycles. The zero-order chi connectivity index (χ0) is 16.1. The van der Waals surface area contributed by atoms with Gasteiger partial charge in [0, 0.05) is 24.9 Å². The van der Waals surface area contributed by atoms with E-state index in [4.69, 9.17) is 0 Å². The molecule has 22 heavy (non-hydrogen) atoms. The van der Waals surface area contributed by atoms with Gasteiger partial charge in [0.15, 0.2) is 0 Å². The molecule has 0 aliphatic rings. The molecule has 2 N–H and O–H groups in total. The number of hydrogen-bond donors (Lipinski definition) is 2. The number of amides is 2. The maximum Gasteiger partial charge on any atom is 0.228 e. The summed E-state index contributed by atoms with van der Waals surface area (Å²) in [5, 5.41) is 14.6. The number of rotatable bonds is 5. The third kappa shape index (κ3) is 4.63. The summed E-state index contributed by atoms with van der Waals surface area (Å²) in [6.45, 7) is 5.22. The van der Waals surface area contributed by atoms with Gasteiger partial charge in [0.25, 0.3) is 0 Å². The van der Waals surface area contributed by atoms with Crippen LogP contribution < -0.4 is 10.6 Å². The number of aryl methyl sites for hydroxylation is 1. The smallest absolute Gasteiger partial charge is 0.228 e. The van der Waals surface area contributed by atoms with Crippen molar-refractivity contribution in [1.82, 2.24) is 15.5 Å². The van der Waals surface area contributed by atoms with Crippen LogP contribution in [0.1, 0.15) is 25.8 Å². The van der Waals surface area contributed by atoms with Gasteiger partial charge in [-0.25, -0.2) is 0 Å². The van der Waals surface area contributed by atoms with Crippen molar-refractivity contribution in [2.24, 2.45) is 0 Å². The Hall–Kier alpha value is -2.28. The van der Waals surface area contributed by atoms with E-state index in [1.807, 2.05) is 31.2 Å². The number of carbonyl (C=O) groups excluding carboxylic acids is 2. The molecule has 2 rings (SSSR count). The van der Waals surface area contributed by atoms with Gasteiger partial charge in [-0.1, -0.05) is 41.2 Å². The quantitative estimate of drug-likeness (QED) is 0.886. The second-order valence-corrected chi connectivity index (χ2v) is 6.11. The van der Waals surface area contributed by atoms with Gasteiger partial charge in [0.2, 0.25) is 16.9 Å². The number of aromatic nitrogens is 2. The van der Waals surface area contributed by atoms with Crippen molar-refractivity contribution in [1.29, 1.82) is 0 Å². The van der Waals surface area contributed by atoms with Crippen molar-refractivity contribution < 1.29 is 9.59 Å². The van der Waals surface area contributed by atoms with Crippen molar-refractivity contribution in [3.8, 4) is 10.6 Å². The molecule has 1 aromatic heterocycles. The van der Waals surface area contributed by atoms with Crippen molar-refractivity contribution in [2.45, 2.75) is 33.2 Å². The summed E-state index contributed by atoms with van der Waals surface area (Å²) in [4.78, 5) is 22.8. The Labute approximate surface area is 133 Å². The van der Waals surface area contributed by atoms with Crippen molar-refractivity contribution in [3.63, 3.8) is 0 Å². The third-order valence-corrected chi connectivity index (χ3v) is 3.80. The highest BCUT2D eigenvalue weighted by atomic mass is 32.1. The van der Waals surface area contributed by atoms with Crippen LogP contribution in [-0.4, -0.2) is 28.1 Å². The van der Waals surface area contributed by atoms with E-state index in [1.165, 1.54) is 23.8 Å². The fraction of sp³-hybridized carbons (Fsp3) is 0.333. The minimum Gasteiger partial charge on any atom is -0.353 e. The number of benzene rings is 1. The molecule has 0 aliphatic heterocycles. The highest BCUT2D eigenvalue weighted by molar-refractivity contribution is 7.18. The number of nitrogens with zero attached hydrogens (tertiary/aromatic N) is 2. The molecule has 6 nitrogen and oxygen atoms in total. The molecule has 0 spiro atoms. The maximum atomic E-state index is 11.9. The Bertz CT molecular complexity index is 666. The summed E-state index contributed by atoms with van der Waals surface area (Å²) >= 11 is 1.32. The second kappa shape index (κ2) is 7.13. The van der Waals surface area contributed by atoms with Gasteiger partial charge in [-0.05, 0) is 13.8 Å². The van der Waals surface area contributed by atoms with Gasteiger partial charge < -0.3 is 10.6 Å². The van der Waals surface area contributed by atoms with Gasteiger partial charge in [-0.2, -0.15) is 0 Å². The van der Waals surface area contributed by atoms with E-state index >= 15 is 0 Å². The molecule has 0 radical (unpaired) electrons. The molecule has 1 heterocycles. The molecular weight excluding hydrogens is 300 g/mol. The standard InChI is InChI=1S/C15H18N4O2S/c1-9-4-6-12(7-5-9)14-18-19-15(22-14)17-13(21)8-10(2)16-11(3)20/h4-7,10H,8H2,1-3H3,(H,16,20)(H,17,19,21). The Balaban J connectivity index is 1.95. The van der Waals surface area contributed by atoms with E-state index in [-0.39, 0.29) is 24.3 Å². The zero-order valence-corrected chi connectivity index (χ0v) is 13.5. The van der Waals surface area contributed by atoms with Crippen molar-refractivity contribution in [2.75, 3.05) is 5.32 Å². The number of carbonyl (C=O) groups is 2. The van der Waals surface area contributed by atoms with Gasteiger partial charge in [0.1, 0.15) is 5.01 Å². The summed E-state index contributed by atoms with van der Waals surface area (Å²) < 4.78 is 0. The van der Waals surface area contributed by atoms with Crippen LogP contribution in [0.15, 0.2) is 24.3 Å². The normalized spacial score (nSPS) is 11.8. The van der Waals surface area contributed by atoms with Gasteiger partial charge >= 0.3 is 0 Å². The first-order valence-corrected chi connectivity index (χ1v) is 7.73. The molecular formula is C15H18N4O2S. The summed E-state index contributed by atoms with van der Waals surface area (Å²) in [6, 6.07) is 7.73. The molecule has 0 saturated carbocycles. The van der Waals surface area contributed by atoms with E-state index in [0.717, 1.165) is 10.6 Å². The third-order valence-electron chi connectivity index (χ3n) is 2.91. The Kier molecular flexibility index (Phi) is 5.21. The number of anilines is 1. The molecule has 2 aromatic rings. The highest BCUT2D eigenvalue weighted by Gasteiger charge is 2.13. The maximum absolute atomic E-state index is 11.9. The Morgan fingerprint density at radius 2 is 1.91 bits per heavy atom. The van der Waals surface area contributed by atoms with E-state index in [9.17, 15) is 9.59 Å². The predicted octanol–water partition coefficient (Wildman–Crippen LogP) is 2.37. The first kappa shape index (κ1) is 16.1. The van der Waals surface area contributed by atoms with Crippen LogP contribution in [0.2, 0.25) is 0 Å². The first-order chi connectivity index (χ1) is 10.4. The first-order valence-electron chi connectivity index (χ1n) is 6.91. The van der Waals surface area contributed by atoms with Crippen LogP contribution in [0.25, 0.3) is 10.6 Å². The molecule has 2 amide bonds. The highest BCUT2D eigenvalue weighted by Crippen LogP contribution is 2.26. The van der Waals surface area contributed by atoms with Crippen molar-refractivity contribution >= 4 is 28.3 Å². The number of hydrogen-bond acceptors (Lipinski definition) is 5. The fourth-order valence-corrected chi connectivity index (χ4v) is 2.70. The lowest BCUT2D eigenvalue weighted by Crippen LogP contribution is -2.33. The summed E-state index contributed by atoms with van der Waals surface area (Å²) in [5.74, 6) is -0.356. The second-order valence-electron chi connectivity index (χ2n) is 5.13. The lowest BCUT2D eigenvalue weighted by molar-refractivity contribution is -0.120. The largest absolute Gasteiger partial charge is 0.353 e.